The fourth-order valence-electron chi connectivity index (χ4n) is 5.90. The minimum atomic E-state index is -0.700. The van der Waals surface area contributed by atoms with E-state index in [4.69, 9.17) is 4.74 Å². The lowest BCUT2D eigenvalue weighted by Gasteiger charge is -2.49. The molecule has 6 rings (SSSR count). The second-order valence-electron chi connectivity index (χ2n) is 8.60. The summed E-state index contributed by atoms with van der Waals surface area (Å²) in [5, 5.41) is 10.1. The Hall–Kier alpha value is -3.01. The molecular formula is C25H23NO3. The normalized spacial score (nSPS) is 30.6. The Balaban J connectivity index is 1.54. The zero-order valence-electron chi connectivity index (χ0n) is 16.1. The molecule has 146 valence electrons. The van der Waals surface area contributed by atoms with Crippen molar-refractivity contribution in [2.45, 2.75) is 30.7 Å². The molecule has 0 saturated heterocycles. The molecule has 0 unspecified atom stereocenters. The van der Waals surface area contributed by atoms with Crippen LogP contribution in [0, 0.1) is 11.8 Å². The van der Waals surface area contributed by atoms with Crippen LogP contribution in [0.3, 0.4) is 0 Å². The number of fused-ring (bicyclic) bond motifs is 4. The molecule has 0 bridgehead atoms. The average Bonchev–Trinajstić information content (AvgIpc) is 3.38. The van der Waals surface area contributed by atoms with Crippen molar-refractivity contribution in [2.75, 3.05) is 11.4 Å². The number of allylic oxidation sites excluding steroid dienone is 4. The van der Waals surface area contributed by atoms with Gasteiger partial charge in [-0.3, -0.25) is 0 Å². The summed E-state index contributed by atoms with van der Waals surface area (Å²) in [6.45, 7) is 0.816. The van der Waals surface area contributed by atoms with Crippen molar-refractivity contribution in [2.24, 2.45) is 11.8 Å². The van der Waals surface area contributed by atoms with Crippen LogP contribution >= 0.6 is 0 Å². The third-order valence-corrected chi connectivity index (χ3v) is 7.06. The number of carboxylic acids is 1. The quantitative estimate of drug-likeness (QED) is 0.748. The van der Waals surface area contributed by atoms with Crippen molar-refractivity contribution in [1.82, 2.24) is 0 Å². The zero-order valence-corrected chi connectivity index (χ0v) is 16.1. The van der Waals surface area contributed by atoms with Crippen molar-refractivity contribution < 1.29 is 14.6 Å². The van der Waals surface area contributed by atoms with Gasteiger partial charge in [-0.25, -0.2) is 4.79 Å². The Morgan fingerprint density at radius 3 is 2.48 bits per heavy atom. The molecule has 4 aliphatic rings. The number of anilines is 1. The summed E-state index contributed by atoms with van der Waals surface area (Å²) in [5.41, 5.74) is 3.59. The first kappa shape index (κ1) is 16.9. The molecule has 2 aliphatic carbocycles. The molecule has 2 aliphatic heterocycles. The minimum absolute atomic E-state index is 0.0886. The third kappa shape index (κ3) is 2.48. The lowest BCUT2D eigenvalue weighted by atomic mass is 9.72. The molecule has 0 aromatic heterocycles. The summed E-state index contributed by atoms with van der Waals surface area (Å²) < 4.78 is 6.23. The second-order valence-corrected chi connectivity index (χ2v) is 8.60. The largest absolute Gasteiger partial charge is 0.480 e. The van der Waals surface area contributed by atoms with Crippen LogP contribution in [-0.2, 0) is 4.79 Å². The molecular weight excluding hydrogens is 362 g/mol. The lowest BCUT2D eigenvalue weighted by molar-refractivity contribution is -0.140. The summed E-state index contributed by atoms with van der Waals surface area (Å²) in [6.07, 6.45) is 10.7. The number of carboxylic acid groups (broad SMARTS) is 1. The molecule has 2 heterocycles. The van der Waals surface area contributed by atoms with Crippen LogP contribution in [0.25, 0.3) is 0 Å². The summed E-state index contributed by atoms with van der Waals surface area (Å²) in [5.74, 6) is 1.98. The van der Waals surface area contributed by atoms with Crippen molar-refractivity contribution in [3.63, 3.8) is 0 Å². The van der Waals surface area contributed by atoms with Crippen LogP contribution in [-0.4, -0.2) is 23.7 Å². The third-order valence-electron chi connectivity index (χ3n) is 7.06. The maximum Gasteiger partial charge on any atom is 0.326 e. The first-order chi connectivity index (χ1) is 14.2. The van der Waals surface area contributed by atoms with Gasteiger partial charge >= 0.3 is 5.97 Å². The number of ether oxygens (including phenoxy) is 1. The molecule has 29 heavy (non-hydrogen) atoms. The van der Waals surface area contributed by atoms with Crippen LogP contribution in [0.4, 0.5) is 5.69 Å². The highest BCUT2D eigenvalue weighted by molar-refractivity contribution is 5.84. The zero-order chi connectivity index (χ0) is 19.5. The van der Waals surface area contributed by atoms with Gasteiger partial charge in [0.05, 0.1) is 0 Å². The van der Waals surface area contributed by atoms with Crippen molar-refractivity contribution >= 4 is 11.7 Å². The highest BCUT2D eigenvalue weighted by Gasteiger charge is 2.50. The van der Waals surface area contributed by atoms with E-state index < -0.39 is 12.0 Å². The molecule has 0 fully saturated rings. The van der Waals surface area contributed by atoms with Crippen molar-refractivity contribution in [1.29, 1.82) is 0 Å². The smallest absolute Gasteiger partial charge is 0.326 e. The predicted octanol–water partition coefficient (Wildman–Crippen LogP) is 5.09. The van der Waals surface area contributed by atoms with Crippen LogP contribution in [0.5, 0.6) is 11.5 Å². The maximum atomic E-state index is 12.3. The van der Waals surface area contributed by atoms with Crippen LogP contribution in [0.15, 0.2) is 66.8 Å². The van der Waals surface area contributed by atoms with Gasteiger partial charge in [0, 0.05) is 30.0 Å². The molecule has 5 atom stereocenters. The highest BCUT2D eigenvalue weighted by atomic mass is 16.5. The van der Waals surface area contributed by atoms with Gasteiger partial charge in [-0.2, -0.15) is 0 Å². The van der Waals surface area contributed by atoms with E-state index in [2.05, 4.69) is 41.3 Å². The Morgan fingerprint density at radius 2 is 1.69 bits per heavy atom. The van der Waals surface area contributed by atoms with Gasteiger partial charge in [-0.05, 0) is 54.2 Å². The number of nitrogens with zero attached hydrogens (tertiary/aromatic N) is 1. The maximum absolute atomic E-state index is 12.3. The highest BCUT2D eigenvalue weighted by Crippen LogP contribution is 2.56. The standard InChI is InChI=1S/C25H23NO3/c27-25(28)24-20-11-5-10-19(20)22-13-17(29-16-7-2-1-3-8-16)12-21-18-9-4-6-15(18)14-26(24)23(21)22/h1-5,7-10,12-13,15,18-20,24H,6,11,14H2,(H,27,28)/t15-,18+,19+,20+,24-/m1/s1. The molecule has 2 aromatic rings. The van der Waals surface area contributed by atoms with Gasteiger partial charge in [-0.1, -0.05) is 42.5 Å². The number of para-hydroxylation sites is 1. The first-order valence-corrected chi connectivity index (χ1v) is 10.4. The van der Waals surface area contributed by atoms with E-state index in [0.717, 1.165) is 36.6 Å². The van der Waals surface area contributed by atoms with Crippen LogP contribution in [0.2, 0.25) is 0 Å². The van der Waals surface area contributed by atoms with E-state index in [1.165, 1.54) is 11.1 Å². The van der Waals surface area contributed by atoms with E-state index in [1.807, 2.05) is 30.3 Å². The number of hydrogen-bond donors (Lipinski definition) is 1. The summed E-state index contributed by atoms with van der Waals surface area (Å²) in [7, 11) is 0. The summed E-state index contributed by atoms with van der Waals surface area (Å²) in [4.78, 5) is 14.5. The lowest BCUT2D eigenvalue weighted by Crippen LogP contribution is -2.54. The minimum Gasteiger partial charge on any atom is -0.480 e. The topological polar surface area (TPSA) is 49.8 Å². The van der Waals surface area contributed by atoms with Gasteiger partial charge in [0.15, 0.2) is 0 Å². The SMILES string of the molecule is O=C(O)[C@H]1[C@H]2CC=C[C@@H]2c2cc(Oc3ccccc3)cc3c2N1C[C@H]1CC=C[C@H]31. The average molecular weight is 385 g/mol. The van der Waals surface area contributed by atoms with E-state index in [-0.39, 0.29) is 11.8 Å². The Labute approximate surface area is 170 Å². The fraction of sp³-hybridized carbons (Fsp3) is 0.320. The first-order valence-electron chi connectivity index (χ1n) is 10.4. The monoisotopic (exact) mass is 385 g/mol. The van der Waals surface area contributed by atoms with Gasteiger partial charge in [0.25, 0.3) is 0 Å². The molecule has 0 radical (unpaired) electrons. The summed E-state index contributed by atoms with van der Waals surface area (Å²) in [6, 6.07) is 13.7. The molecule has 0 saturated carbocycles. The van der Waals surface area contributed by atoms with Gasteiger partial charge in [-0.15, -0.1) is 0 Å². The van der Waals surface area contributed by atoms with Crippen molar-refractivity contribution in [3.05, 3.63) is 77.9 Å². The Morgan fingerprint density at radius 1 is 0.966 bits per heavy atom. The van der Waals surface area contributed by atoms with E-state index in [0.29, 0.717) is 11.8 Å². The van der Waals surface area contributed by atoms with Gasteiger partial charge < -0.3 is 14.7 Å². The van der Waals surface area contributed by atoms with Crippen molar-refractivity contribution in [3.8, 4) is 11.5 Å². The Kier molecular flexibility index (Phi) is 3.64. The molecule has 0 amide bonds. The predicted molar refractivity (Wildman–Crippen MR) is 112 cm³/mol. The molecule has 1 N–H and O–H groups in total. The van der Waals surface area contributed by atoms with E-state index in [1.54, 1.807) is 0 Å². The van der Waals surface area contributed by atoms with Crippen LogP contribution < -0.4 is 9.64 Å². The number of carbonyl (C=O) groups is 1. The van der Waals surface area contributed by atoms with Crippen LogP contribution in [0.1, 0.15) is 35.8 Å². The number of aliphatic carboxylic acids is 1. The number of rotatable bonds is 3. The number of benzene rings is 2. The summed E-state index contributed by atoms with van der Waals surface area (Å²) >= 11 is 0. The van der Waals surface area contributed by atoms with E-state index >= 15 is 0 Å². The number of hydrogen-bond acceptors (Lipinski definition) is 3. The van der Waals surface area contributed by atoms with Gasteiger partial charge in [0.1, 0.15) is 17.5 Å². The molecule has 2 aromatic carbocycles. The fourth-order valence-corrected chi connectivity index (χ4v) is 5.90. The van der Waals surface area contributed by atoms with E-state index in [9.17, 15) is 9.90 Å². The van der Waals surface area contributed by atoms with Gasteiger partial charge in [0.2, 0.25) is 0 Å². The molecule has 0 spiro atoms. The molecule has 4 nitrogen and oxygen atoms in total. The molecule has 4 heteroatoms. The Bertz CT molecular complexity index is 1020. The second kappa shape index (κ2) is 6.24.